The Morgan fingerprint density at radius 2 is 0.702 bits per heavy atom. The van der Waals surface area contributed by atoms with Gasteiger partial charge in [-0.05, 0) is 151 Å². The fourth-order valence-corrected chi connectivity index (χ4v) is 13.8. The van der Waals surface area contributed by atoms with Crippen LogP contribution in [0.1, 0.15) is 140 Å². The number of nitrogens with one attached hydrogen (secondary N) is 1. The maximum Gasteiger partial charge on any atom is 0.435 e. The number of ketones is 3. The van der Waals surface area contributed by atoms with Crippen LogP contribution in [-0.2, 0) is 85.0 Å². The van der Waals surface area contributed by atoms with Crippen LogP contribution in [0.4, 0.5) is 79.0 Å². The molecular weight excluding hydrogens is 1670 g/mol. The van der Waals surface area contributed by atoms with Crippen molar-refractivity contribution < 1.29 is 118 Å². The number of nitrogens with two attached hydrogens (primary N) is 3. The molecule has 39 heteroatoms. The first-order chi connectivity index (χ1) is 58.5. The number of benzene rings is 6. The van der Waals surface area contributed by atoms with E-state index >= 15 is 0 Å². The zero-order valence-electron chi connectivity index (χ0n) is 64.3. The number of aliphatic hydroxyl groups is 1. The van der Waals surface area contributed by atoms with Gasteiger partial charge < -0.3 is 27.6 Å². The first kappa shape index (κ1) is 92.4. The van der Waals surface area contributed by atoms with Crippen molar-refractivity contribution in [2.24, 2.45) is 17.2 Å². The fourth-order valence-electron chi connectivity index (χ4n) is 13.8. The quantitative estimate of drug-likeness (QED) is 0.0199. The number of aromatic nitrogens is 9. The van der Waals surface area contributed by atoms with Crippen molar-refractivity contribution in [3.05, 3.63) is 319 Å². The lowest BCUT2D eigenvalue weighted by molar-refractivity contribution is -0.143. The number of nitrogens with zero attached hydrogens (tertiary/aromatic N) is 9. The Morgan fingerprint density at radius 3 is 0.968 bits per heavy atom. The van der Waals surface area contributed by atoms with Gasteiger partial charge in [0, 0.05) is 127 Å². The summed E-state index contributed by atoms with van der Waals surface area (Å²) in [4.78, 5) is 98.8. The van der Waals surface area contributed by atoms with Gasteiger partial charge in [0.25, 0.3) is 17.7 Å². The van der Waals surface area contributed by atoms with Crippen LogP contribution >= 0.6 is 0 Å². The molecule has 6 heterocycles. The highest BCUT2D eigenvalue weighted by atomic mass is 19.4. The van der Waals surface area contributed by atoms with Gasteiger partial charge in [0.2, 0.25) is 0 Å². The van der Waals surface area contributed by atoms with Gasteiger partial charge >= 0.3 is 18.5 Å². The van der Waals surface area contributed by atoms with Gasteiger partial charge in [0.1, 0.15) is 52.4 Å². The van der Waals surface area contributed by atoms with E-state index in [1.807, 2.05) is 0 Å². The molecule has 0 bridgehead atoms. The van der Waals surface area contributed by atoms with E-state index in [9.17, 15) is 118 Å². The molecule has 0 aliphatic rings. The predicted molar refractivity (Wildman–Crippen MR) is 407 cm³/mol. The molecule has 21 nitrogen and oxygen atoms in total. The van der Waals surface area contributed by atoms with Crippen LogP contribution in [0.3, 0.4) is 0 Å². The molecule has 3 amide bonds. The molecule has 0 saturated heterocycles. The highest BCUT2D eigenvalue weighted by Gasteiger charge is 2.40. The van der Waals surface area contributed by atoms with E-state index in [1.165, 1.54) is 68.1 Å². The number of hydrogen-bond acceptors (Lipinski definition) is 15. The van der Waals surface area contributed by atoms with E-state index in [2.05, 4.69) is 35.6 Å². The largest absolute Gasteiger partial charge is 0.435 e. The summed E-state index contributed by atoms with van der Waals surface area (Å²) in [5.41, 5.74) is 12.8. The number of halogens is 18. The minimum absolute atomic E-state index is 0.0265. The summed E-state index contributed by atoms with van der Waals surface area (Å²) in [6, 6.07) is 28.7. The number of alkyl halides is 9. The summed E-state index contributed by atoms with van der Waals surface area (Å²) in [6.45, 7) is -2.82. The van der Waals surface area contributed by atoms with Crippen LogP contribution in [-0.4, -0.2) is 97.8 Å². The van der Waals surface area contributed by atoms with Crippen molar-refractivity contribution >= 4 is 41.4 Å². The molecule has 3 atom stereocenters. The van der Waals surface area contributed by atoms with Crippen molar-refractivity contribution in [2.45, 2.75) is 108 Å². The Morgan fingerprint density at radius 1 is 0.411 bits per heavy atom. The number of carbonyl (C=O) groups excluding carboxylic acids is 7. The third-order valence-corrected chi connectivity index (χ3v) is 18.9. The number of pyridine rings is 3. The van der Waals surface area contributed by atoms with Crippen molar-refractivity contribution in [3.63, 3.8) is 0 Å². The molecule has 0 aliphatic carbocycles. The maximum atomic E-state index is 14.2. The molecule has 646 valence electrons. The zero-order valence-corrected chi connectivity index (χ0v) is 64.3. The Balaban J connectivity index is 0.000000195. The van der Waals surface area contributed by atoms with Gasteiger partial charge in [0.05, 0.1) is 65.6 Å². The van der Waals surface area contributed by atoms with Crippen molar-refractivity contribution in [2.75, 3.05) is 7.05 Å². The van der Waals surface area contributed by atoms with E-state index in [4.69, 9.17) is 17.2 Å². The lowest BCUT2D eigenvalue weighted by atomic mass is 9.86. The predicted octanol–water partition coefficient (Wildman–Crippen LogP) is 15.4. The van der Waals surface area contributed by atoms with Crippen LogP contribution in [0.25, 0.3) is 33.4 Å². The zero-order chi connectivity index (χ0) is 90.4. The van der Waals surface area contributed by atoms with E-state index in [0.29, 0.717) is 56.3 Å². The van der Waals surface area contributed by atoms with Gasteiger partial charge in [-0.15, -0.1) is 0 Å². The van der Waals surface area contributed by atoms with Crippen molar-refractivity contribution in [1.29, 1.82) is 0 Å². The summed E-state index contributed by atoms with van der Waals surface area (Å²) in [5, 5.41) is 22.2. The molecule has 0 unspecified atom stereocenters. The second-order valence-electron chi connectivity index (χ2n) is 28.1. The smallest absolute Gasteiger partial charge is 0.392 e. The lowest BCUT2D eigenvalue weighted by Gasteiger charge is -2.20. The van der Waals surface area contributed by atoms with Crippen LogP contribution in [0, 0.1) is 52.4 Å². The van der Waals surface area contributed by atoms with Gasteiger partial charge in [0.15, 0.2) is 40.7 Å². The average Bonchev–Trinajstić information content (AvgIpc) is 1.02. The monoisotopic (exact) mass is 1740 g/mol. The van der Waals surface area contributed by atoms with E-state index in [0.717, 1.165) is 82.6 Å². The van der Waals surface area contributed by atoms with Crippen LogP contribution < -0.4 is 22.5 Å². The standard InChI is InChI=1S/C29H25F6N5O2.C28H22F6N4O3.C28H20F6N4O3/c1-37-13-19-14-40(39-27(19)29(33,34)35)15-22(41)10-18(7-16-8-20(30)12-21(31)9-16)26-23(3-2-6-38-26)17-4-5-25(32)24(11-17)28(36)42;2*29-19-7-15(8-20(30)11-19)6-17(9-21(40)13-38-12-18(14-39)26(37-38)28(32,33)34)25-22(2-1-5-36-25)16-3-4-24(31)23(10-16)27(35)41/h2-6,8-9,11-12,14,18,37H,7,10,13,15H2,1H3,(H2,36,42);1-5,7-8,10-12,17,39H,6,9,13-14H2,(H2,35,41);1-5,7-8,10-12,14,17H,6,9,13H2,(H2,35,41)/t18-;2*17-/m111/s1. The van der Waals surface area contributed by atoms with Crippen LogP contribution in [0.5, 0.6) is 0 Å². The minimum Gasteiger partial charge on any atom is -0.392 e. The minimum atomic E-state index is -4.92. The Kier molecular flexibility index (Phi) is 29.7. The van der Waals surface area contributed by atoms with Gasteiger partial charge in [-0.1, -0.05) is 36.4 Å². The average molecular weight is 1740 g/mol. The van der Waals surface area contributed by atoms with Crippen molar-refractivity contribution in [3.8, 4) is 33.4 Å². The number of hydrogen-bond donors (Lipinski definition) is 5. The molecule has 0 radical (unpaired) electrons. The SMILES string of the molecule is CNCc1cn(CC(=O)C[C@@H](Cc2cc(F)cc(F)c2)c2ncccc2-c2ccc(F)c(C(N)=O)c2)nc1C(F)(F)F.NC(=O)c1cc(-c2cccnc2[C@@H](CC(=O)Cn2cc(C=O)c(C(F)(F)F)n2)Cc2cc(F)cc(F)c2)ccc1F.NC(=O)c1cc(-c2cccnc2[C@@H](CC(=O)Cn2cc(CO)c(C(F)(F)F)n2)Cc2cc(F)cc(F)c2)ccc1F. The van der Waals surface area contributed by atoms with Crippen LogP contribution in [0.15, 0.2) is 183 Å². The molecule has 0 fully saturated rings. The second-order valence-corrected chi connectivity index (χ2v) is 28.1. The first-order valence-corrected chi connectivity index (χ1v) is 36.7. The summed E-state index contributed by atoms with van der Waals surface area (Å²) in [5.74, 6) is -15.1. The van der Waals surface area contributed by atoms with Gasteiger partial charge in [-0.3, -0.25) is 62.6 Å². The van der Waals surface area contributed by atoms with Crippen LogP contribution in [0.2, 0.25) is 0 Å². The molecule has 0 saturated carbocycles. The molecule has 12 rings (SSSR count). The number of rotatable bonds is 31. The number of aliphatic hydroxyl groups excluding tert-OH is 1. The highest BCUT2D eigenvalue weighted by molar-refractivity contribution is 5.96. The molecule has 12 aromatic rings. The number of amides is 3. The van der Waals surface area contributed by atoms with Crippen molar-refractivity contribution in [1.82, 2.24) is 49.6 Å². The Bertz CT molecular complexity index is 5930. The number of primary amides is 3. The number of aldehydes is 1. The summed E-state index contributed by atoms with van der Waals surface area (Å²) < 4.78 is 248. The van der Waals surface area contributed by atoms with E-state index in [-0.39, 0.29) is 96.3 Å². The molecule has 8 N–H and O–H groups in total. The number of Topliss-reactive ketones (excluding diaryl/α,β-unsaturated/α-hetero) is 3. The molecule has 6 aromatic heterocycles. The number of carbonyl (C=O) groups is 7. The summed E-state index contributed by atoms with van der Waals surface area (Å²) in [7, 11) is 1.47. The molecule has 0 aliphatic heterocycles. The fraction of sp³-hybridized carbons (Fsp3) is 0.212. The van der Waals surface area contributed by atoms with E-state index < -0.39 is 189 Å². The Hall–Kier alpha value is -13.9. The Labute approximate surface area is 690 Å². The summed E-state index contributed by atoms with van der Waals surface area (Å²) >= 11 is 0. The molecule has 6 aromatic carbocycles. The highest BCUT2D eigenvalue weighted by Crippen LogP contribution is 2.40. The van der Waals surface area contributed by atoms with Gasteiger partial charge in [-0.2, -0.15) is 54.8 Å². The summed E-state index contributed by atoms with van der Waals surface area (Å²) in [6.07, 6.45) is -8.80. The first-order valence-electron chi connectivity index (χ1n) is 36.7. The van der Waals surface area contributed by atoms with E-state index in [1.54, 1.807) is 30.3 Å². The molecule has 0 spiro atoms. The van der Waals surface area contributed by atoms with Gasteiger partial charge in [-0.25, -0.2) is 39.5 Å². The maximum absolute atomic E-state index is 14.2. The second kappa shape index (κ2) is 39.8. The normalized spacial score (nSPS) is 12.3. The third kappa shape index (κ3) is 24.1. The molecular formula is C85H67F18N13O8. The third-order valence-electron chi connectivity index (χ3n) is 18.9. The molecule has 124 heavy (non-hydrogen) atoms. The lowest BCUT2D eigenvalue weighted by Crippen LogP contribution is -2.18. The topological polar surface area (TPSA) is 322 Å².